The third-order valence-electron chi connectivity index (χ3n) is 3.20. The van der Waals surface area contributed by atoms with Crippen LogP contribution in [0.2, 0.25) is 0 Å². The summed E-state index contributed by atoms with van der Waals surface area (Å²) >= 11 is 0. The Labute approximate surface area is 125 Å². The van der Waals surface area contributed by atoms with Crippen LogP contribution < -0.4 is 5.32 Å². The fourth-order valence-corrected chi connectivity index (χ4v) is 2.29. The minimum absolute atomic E-state index is 0.160. The molecule has 1 saturated heterocycles. The Morgan fingerprint density at radius 1 is 1.48 bits per heavy atom. The van der Waals surface area contributed by atoms with E-state index in [9.17, 15) is 4.79 Å². The van der Waals surface area contributed by atoms with Gasteiger partial charge in [0.15, 0.2) is 0 Å². The van der Waals surface area contributed by atoms with Crippen molar-refractivity contribution in [2.45, 2.75) is 52.2 Å². The first-order chi connectivity index (χ1) is 9.83. The summed E-state index contributed by atoms with van der Waals surface area (Å²) in [5, 5.41) is 3.30. The number of likely N-dealkylation sites (tertiary alicyclic amines) is 1. The number of rotatable bonds is 2. The van der Waals surface area contributed by atoms with Gasteiger partial charge in [0.2, 0.25) is 5.95 Å². The number of hydrogen-bond donors (Lipinski definition) is 1. The summed E-state index contributed by atoms with van der Waals surface area (Å²) in [7, 11) is 0. The van der Waals surface area contributed by atoms with Crippen LogP contribution >= 0.6 is 0 Å². The summed E-state index contributed by atoms with van der Waals surface area (Å²) in [4.78, 5) is 22.4. The average Bonchev–Trinajstić information content (AvgIpc) is 2.37. The number of aromatic nitrogens is 2. The third-order valence-corrected chi connectivity index (χ3v) is 3.20. The summed E-state index contributed by atoms with van der Waals surface area (Å²) in [6.45, 7) is 8.93. The molecule has 0 aliphatic carbocycles. The zero-order valence-electron chi connectivity index (χ0n) is 13.2. The molecule has 1 aromatic rings. The number of nitrogens with zero attached hydrogens (tertiary/aromatic N) is 3. The number of hydrogen-bond acceptors (Lipinski definition) is 5. The van der Waals surface area contributed by atoms with E-state index in [0.29, 0.717) is 12.5 Å². The van der Waals surface area contributed by atoms with Crippen molar-refractivity contribution in [3.05, 3.63) is 18.0 Å². The number of carbonyl (C=O) groups is 1. The molecule has 21 heavy (non-hydrogen) atoms. The quantitative estimate of drug-likeness (QED) is 0.907. The summed E-state index contributed by atoms with van der Waals surface area (Å²) in [5.74, 6) is 0.617. The molecule has 2 heterocycles. The van der Waals surface area contributed by atoms with E-state index in [1.807, 2.05) is 33.8 Å². The van der Waals surface area contributed by atoms with Crippen LogP contribution in [0, 0.1) is 6.92 Å². The molecule has 1 aliphatic heterocycles. The van der Waals surface area contributed by atoms with E-state index >= 15 is 0 Å². The predicted octanol–water partition coefficient (Wildman–Crippen LogP) is 2.60. The molecule has 1 fully saturated rings. The van der Waals surface area contributed by atoms with Crippen LogP contribution in [-0.2, 0) is 4.74 Å². The fraction of sp³-hybridized carbons (Fsp3) is 0.667. The highest BCUT2D eigenvalue weighted by atomic mass is 16.6. The standard InChI is InChI=1S/C15H24N4O2/c1-11-7-8-16-13(17-11)18-12-6-5-9-19(10-12)14(20)21-15(2,3)4/h7-8,12H,5-6,9-10H2,1-4H3,(H,16,17,18)/t12-/m0/s1. The molecule has 1 N–H and O–H groups in total. The molecule has 0 aromatic carbocycles. The maximum absolute atomic E-state index is 12.1. The van der Waals surface area contributed by atoms with E-state index in [0.717, 1.165) is 25.1 Å². The normalized spacial score (nSPS) is 19.2. The summed E-state index contributed by atoms with van der Waals surface area (Å²) in [6.07, 6.45) is 3.43. The van der Waals surface area contributed by atoms with Crippen LogP contribution in [-0.4, -0.2) is 45.7 Å². The molecule has 0 radical (unpaired) electrons. The Balaban J connectivity index is 1.93. The van der Waals surface area contributed by atoms with Crippen LogP contribution in [0.15, 0.2) is 12.3 Å². The molecule has 1 aromatic heterocycles. The fourth-order valence-electron chi connectivity index (χ4n) is 2.29. The van der Waals surface area contributed by atoms with E-state index in [1.54, 1.807) is 11.1 Å². The SMILES string of the molecule is Cc1ccnc(N[C@H]2CCCN(C(=O)OC(C)(C)C)C2)n1. The number of piperidine rings is 1. The number of amides is 1. The number of aryl methyl sites for hydroxylation is 1. The van der Waals surface area contributed by atoms with Gasteiger partial charge in [-0.05, 0) is 46.6 Å². The molecular formula is C15H24N4O2. The monoisotopic (exact) mass is 292 g/mol. The van der Waals surface area contributed by atoms with Crippen molar-refractivity contribution in [1.82, 2.24) is 14.9 Å². The predicted molar refractivity (Wildman–Crippen MR) is 81.2 cm³/mol. The summed E-state index contributed by atoms with van der Waals surface area (Å²) in [5.41, 5.74) is 0.462. The van der Waals surface area contributed by atoms with E-state index < -0.39 is 5.60 Å². The van der Waals surface area contributed by atoms with Crippen LogP contribution in [0.5, 0.6) is 0 Å². The third kappa shape index (κ3) is 4.88. The molecule has 116 valence electrons. The van der Waals surface area contributed by atoms with Gasteiger partial charge in [-0.2, -0.15) is 0 Å². The molecular weight excluding hydrogens is 268 g/mol. The zero-order chi connectivity index (χ0) is 15.5. The lowest BCUT2D eigenvalue weighted by Crippen LogP contribution is -2.47. The van der Waals surface area contributed by atoms with E-state index in [4.69, 9.17) is 4.74 Å². The van der Waals surface area contributed by atoms with E-state index in [-0.39, 0.29) is 12.1 Å². The topological polar surface area (TPSA) is 67.4 Å². The lowest BCUT2D eigenvalue weighted by Gasteiger charge is -2.34. The van der Waals surface area contributed by atoms with Gasteiger partial charge in [0.05, 0.1) is 0 Å². The largest absolute Gasteiger partial charge is 0.444 e. The Hall–Kier alpha value is -1.85. The van der Waals surface area contributed by atoms with Crippen LogP contribution in [0.3, 0.4) is 0 Å². The van der Waals surface area contributed by atoms with Crippen molar-refractivity contribution < 1.29 is 9.53 Å². The van der Waals surface area contributed by atoms with Crippen molar-refractivity contribution >= 4 is 12.0 Å². The van der Waals surface area contributed by atoms with Crippen molar-refractivity contribution in [1.29, 1.82) is 0 Å². The molecule has 0 bridgehead atoms. The number of carbonyl (C=O) groups excluding carboxylic acids is 1. The lowest BCUT2D eigenvalue weighted by molar-refractivity contribution is 0.0206. The van der Waals surface area contributed by atoms with Gasteiger partial charge >= 0.3 is 6.09 Å². The molecule has 1 aliphatic rings. The maximum Gasteiger partial charge on any atom is 0.410 e. The number of anilines is 1. The van der Waals surface area contributed by atoms with Gasteiger partial charge in [-0.3, -0.25) is 0 Å². The van der Waals surface area contributed by atoms with Gasteiger partial charge in [-0.15, -0.1) is 0 Å². The van der Waals surface area contributed by atoms with Gasteiger partial charge in [-0.1, -0.05) is 0 Å². The minimum atomic E-state index is -0.461. The lowest BCUT2D eigenvalue weighted by atomic mass is 10.1. The molecule has 0 spiro atoms. The molecule has 1 atom stereocenters. The highest BCUT2D eigenvalue weighted by Gasteiger charge is 2.27. The second kappa shape index (κ2) is 6.28. The van der Waals surface area contributed by atoms with Gasteiger partial charge in [0.1, 0.15) is 5.60 Å². The molecule has 1 amide bonds. The smallest absolute Gasteiger partial charge is 0.410 e. The highest BCUT2D eigenvalue weighted by Crippen LogP contribution is 2.17. The molecule has 2 rings (SSSR count). The Kier molecular flexibility index (Phi) is 4.65. The first kappa shape index (κ1) is 15.5. The Morgan fingerprint density at radius 2 is 2.24 bits per heavy atom. The highest BCUT2D eigenvalue weighted by molar-refractivity contribution is 5.68. The van der Waals surface area contributed by atoms with Crippen molar-refractivity contribution in [3.63, 3.8) is 0 Å². The van der Waals surface area contributed by atoms with Crippen LogP contribution in [0.4, 0.5) is 10.7 Å². The van der Waals surface area contributed by atoms with Gasteiger partial charge in [-0.25, -0.2) is 14.8 Å². The summed E-state index contributed by atoms with van der Waals surface area (Å²) < 4.78 is 5.42. The Morgan fingerprint density at radius 3 is 2.90 bits per heavy atom. The maximum atomic E-state index is 12.1. The second-order valence-electron chi connectivity index (χ2n) is 6.43. The number of ether oxygens (including phenoxy) is 1. The minimum Gasteiger partial charge on any atom is -0.444 e. The molecule has 6 heteroatoms. The van der Waals surface area contributed by atoms with E-state index in [2.05, 4.69) is 15.3 Å². The van der Waals surface area contributed by atoms with Crippen LogP contribution in [0.25, 0.3) is 0 Å². The first-order valence-corrected chi connectivity index (χ1v) is 7.37. The number of nitrogens with one attached hydrogen (secondary N) is 1. The summed E-state index contributed by atoms with van der Waals surface area (Å²) in [6, 6.07) is 2.02. The Bertz CT molecular complexity index is 499. The molecule has 6 nitrogen and oxygen atoms in total. The van der Waals surface area contributed by atoms with Crippen molar-refractivity contribution in [3.8, 4) is 0 Å². The molecule has 0 unspecified atom stereocenters. The van der Waals surface area contributed by atoms with Gasteiger partial charge in [0, 0.05) is 31.0 Å². The molecule has 0 saturated carbocycles. The van der Waals surface area contributed by atoms with Gasteiger partial charge in [0.25, 0.3) is 0 Å². The van der Waals surface area contributed by atoms with Crippen LogP contribution in [0.1, 0.15) is 39.3 Å². The van der Waals surface area contributed by atoms with Crippen molar-refractivity contribution in [2.75, 3.05) is 18.4 Å². The van der Waals surface area contributed by atoms with Crippen molar-refractivity contribution in [2.24, 2.45) is 0 Å². The van der Waals surface area contributed by atoms with Gasteiger partial charge < -0.3 is 15.0 Å². The first-order valence-electron chi connectivity index (χ1n) is 7.37. The average molecular weight is 292 g/mol. The van der Waals surface area contributed by atoms with E-state index in [1.165, 1.54) is 0 Å². The zero-order valence-corrected chi connectivity index (χ0v) is 13.2. The second-order valence-corrected chi connectivity index (χ2v) is 6.43.